The summed E-state index contributed by atoms with van der Waals surface area (Å²) in [4.78, 5) is 4.27. The Hall–Kier alpha value is 0.140. The van der Waals surface area contributed by atoms with Crippen molar-refractivity contribution in [2.75, 3.05) is 11.5 Å². The molecular formula is C7H8Cl2N2S. The maximum Gasteiger partial charge on any atom is 0.197 e. The molecule has 0 aromatic rings. The zero-order valence-corrected chi connectivity index (χ0v) is 8.64. The largest absolute Gasteiger partial charge is 0.321 e. The van der Waals surface area contributed by atoms with Crippen molar-refractivity contribution in [1.82, 2.24) is 5.32 Å². The number of fused-ring (bicyclic) bond motifs is 1. The molecule has 12 heavy (non-hydrogen) atoms. The second-order valence-electron chi connectivity index (χ2n) is 2.74. The maximum absolute atomic E-state index is 5.97. The molecule has 1 fully saturated rings. The van der Waals surface area contributed by atoms with Gasteiger partial charge < -0.3 is 5.32 Å². The molecule has 5 heteroatoms. The van der Waals surface area contributed by atoms with Gasteiger partial charge in [0.2, 0.25) is 0 Å². The highest BCUT2D eigenvalue weighted by Gasteiger charge is 2.25. The lowest BCUT2D eigenvalue weighted by molar-refractivity contribution is 0.716. The van der Waals surface area contributed by atoms with E-state index < -0.39 is 0 Å². The number of nitrogens with zero attached hydrogens (tertiary/aromatic N) is 1. The molecule has 0 amide bonds. The third-order valence-electron chi connectivity index (χ3n) is 1.96. The van der Waals surface area contributed by atoms with Crippen molar-refractivity contribution < 1.29 is 0 Å². The van der Waals surface area contributed by atoms with E-state index in [-0.39, 0.29) is 6.04 Å². The molecule has 2 aliphatic rings. The summed E-state index contributed by atoms with van der Waals surface area (Å²) in [6, 6.07) is 0.229. The van der Waals surface area contributed by atoms with Crippen LogP contribution in [0.4, 0.5) is 0 Å². The van der Waals surface area contributed by atoms with Crippen LogP contribution in [0.25, 0.3) is 0 Å². The van der Waals surface area contributed by atoms with Crippen LogP contribution in [0.2, 0.25) is 0 Å². The van der Waals surface area contributed by atoms with E-state index in [4.69, 9.17) is 23.2 Å². The molecule has 1 atom stereocenters. The molecule has 0 radical (unpaired) electrons. The Morgan fingerprint density at radius 2 is 2.33 bits per heavy atom. The summed E-state index contributed by atoms with van der Waals surface area (Å²) in [5.41, 5.74) is 1.19. The minimum atomic E-state index is 0.229. The Labute approximate surface area is 85.4 Å². The van der Waals surface area contributed by atoms with Crippen LogP contribution >= 0.6 is 35.0 Å². The van der Waals surface area contributed by atoms with Gasteiger partial charge in [0.05, 0.1) is 6.04 Å². The Bertz CT molecular complexity index is 262. The number of halogens is 2. The van der Waals surface area contributed by atoms with Crippen LogP contribution < -0.4 is 5.32 Å². The van der Waals surface area contributed by atoms with Crippen LogP contribution in [-0.4, -0.2) is 22.8 Å². The van der Waals surface area contributed by atoms with Crippen LogP contribution in [-0.2, 0) is 0 Å². The van der Waals surface area contributed by atoms with Gasteiger partial charge in [0.1, 0.15) is 5.16 Å². The first-order chi connectivity index (χ1) is 5.77. The molecule has 0 aliphatic carbocycles. The lowest BCUT2D eigenvalue weighted by Crippen LogP contribution is -2.31. The zero-order chi connectivity index (χ0) is 8.55. The number of thioether (sulfide) groups is 1. The highest BCUT2D eigenvalue weighted by Crippen LogP contribution is 2.30. The van der Waals surface area contributed by atoms with Crippen LogP contribution in [0.5, 0.6) is 0 Å². The van der Waals surface area contributed by atoms with Gasteiger partial charge >= 0.3 is 0 Å². The Kier molecular flexibility index (Phi) is 2.53. The minimum Gasteiger partial charge on any atom is -0.321 e. The molecule has 0 aromatic heterocycles. The summed E-state index contributed by atoms with van der Waals surface area (Å²) in [5.74, 6) is 2.12. The maximum atomic E-state index is 5.97. The van der Waals surface area contributed by atoms with Crippen LogP contribution in [0.15, 0.2) is 15.7 Å². The fourth-order valence-electron chi connectivity index (χ4n) is 1.34. The molecule has 2 heterocycles. The molecule has 0 spiro atoms. The van der Waals surface area contributed by atoms with Gasteiger partial charge in [0.25, 0.3) is 0 Å². The van der Waals surface area contributed by atoms with E-state index in [1.807, 2.05) is 11.8 Å². The predicted molar refractivity (Wildman–Crippen MR) is 55.0 cm³/mol. The fraction of sp³-hybridized carbons (Fsp3) is 0.571. The van der Waals surface area contributed by atoms with E-state index in [0.717, 1.165) is 17.9 Å². The van der Waals surface area contributed by atoms with Crippen LogP contribution in [0.1, 0.15) is 6.42 Å². The van der Waals surface area contributed by atoms with Gasteiger partial charge in [0, 0.05) is 5.75 Å². The van der Waals surface area contributed by atoms with E-state index in [1.165, 1.54) is 5.57 Å². The number of nitrogens with one attached hydrogen (secondary N) is 1. The first-order valence-electron chi connectivity index (χ1n) is 3.74. The highest BCUT2D eigenvalue weighted by molar-refractivity contribution is 7.99. The van der Waals surface area contributed by atoms with Crippen LogP contribution in [0.3, 0.4) is 0 Å². The standard InChI is InChI=1S/C7H8Cl2N2S/c8-6-4-3-12-2-1-5(4)10-7(9)11-6/h5H,1-3H2,(H,10,11)/t5-/m1/s1. The molecule has 0 unspecified atom stereocenters. The van der Waals surface area contributed by atoms with E-state index in [2.05, 4.69) is 10.3 Å². The van der Waals surface area contributed by atoms with Gasteiger partial charge in [-0.1, -0.05) is 11.6 Å². The first-order valence-corrected chi connectivity index (χ1v) is 5.65. The summed E-state index contributed by atoms with van der Waals surface area (Å²) in [6.45, 7) is 0. The van der Waals surface area contributed by atoms with Gasteiger partial charge in [-0.2, -0.15) is 11.8 Å². The lowest BCUT2D eigenvalue weighted by atomic mass is 10.1. The van der Waals surface area contributed by atoms with Gasteiger partial charge in [0.15, 0.2) is 5.29 Å². The predicted octanol–water partition coefficient (Wildman–Crippen LogP) is 2.14. The van der Waals surface area contributed by atoms with Crippen molar-refractivity contribution >= 4 is 40.3 Å². The molecule has 0 saturated carbocycles. The second-order valence-corrected chi connectivity index (χ2v) is 4.58. The summed E-state index contributed by atoms with van der Waals surface area (Å²) in [6.07, 6.45) is 1.05. The number of aliphatic imine (C=N–C) groups is 1. The number of rotatable bonds is 0. The summed E-state index contributed by atoms with van der Waals surface area (Å²) in [5, 5.41) is 3.92. The van der Waals surface area contributed by atoms with Crippen molar-refractivity contribution in [2.45, 2.75) is 12.5 Å². The van der Waals surface area contributed by atoms with E-state index in [1.54, 1.807) is 0 Å². The van der Waals surface area contributed by atoms with E-state index in [0.29, 0.717) is 10.5 Å². The summed E-state index contributed by atoms with van der Waals surface area (Å²) in [7, 11) is 0. The molecule has 2 rings (SSSR count). The Morgan fingerprint density at radius 1 is 1.50 bits per heavy atom. The molecule has 0 bridgehead atoms. The van der Waals surface area contributed by atoms with Gasteiger partial charge in [-0.15, -0.1) is 0 Å². The SMILES string of the molecule is ClC1=N[C@@H]2CCSCC2=C(Cl)N1. The van der Waals surface area contributed by atoms with Gasteiger partial charge in [-0.3, -0.25) is 0 Å². The fourth-order valence-corrected chi connectivity index (χ4v) is 3.05. The quantitative estimate of drug-likeness (QED) is 0.636. The average Bonchev–Trinajstić information content (AvgIpc) is 2.04. The highest BCUT2D eigenvalue weighted by atomic mass is 35.5. The monoisotopic (exact) mass is 222 g/mol. The first kappa shape index (κ1) is 8.73. The number of hydrogen-bond acceptors (Lipinski definition) is 3. The smallest absolute Gasteiger partial charge is 0.197 e. The van der Waals surface area contributed by atoms with E-state index >= 15 is 0 Å². The lowest BCUT2D eigenvalue weighted by Gasteiger charge is -2.26. The Balaban J connectivity index is 2.25. The zero-order valence-electron chi connectivity index (χ0n) is 6.31. The molecule has 2 nitrogen and oxygen atoms in total. The normalized spacial score (nSPS) is 29.2. The van der Waals surface area contributed by atoms with Crippen molar-refractivity contribution in [3.8, 4) is 0 Å². The third-order valence-corrected chi connectivity index (χ3v) is 3.53. The molecule has 0 aromatic carbocycles. The molecule has 2 aliphatic heterocycles. The summed E-state index contributed by atoms with van der Waals surface area (Å²) < 4.78 is 0. The van der Waals surface area contributed by atoms with Crippen molar-refractivity contribution in [3.63, 3.8) is 0 Å². The molecular weight excluding hydrogens is 215 g/mol. The van der Waals surface area contributed by atoms with Crippen molar-refractivity contribution in [3.05, 3.63) is 10.7 Å². The number of hydrogen-bond donors (Lipinski definition) is 1. The van der Waals surface area contributed by atoms with Crippen molar-refractivity contribution in [1.29, 1.82) is 0 Å². The third kappa shape index (κ3) is 1.58. The molecule has 1 N–H and O–H groups in total. The molecule has 1 saturated heterocycles. The summed E-state index contributed by atoms with van der Waals surface area (Å²) >= 11 is 13.6. The molecule has 66 valence electrons. The second kappa shape index (κ2) is 3.48. The Morgan fingerprint density at radius 3 is 3.17 bits per heavy atom. The minimum absolute atomic E-state index is 0.229. The van der Waals surface area contributed by atoms with Crippen molar-refractivity contribution in [2.24, 2.45) is 4.99 Å². The van der Waals surface area contributed by atoms with Gasteiger partial charge in [-0.25, -0.2) is 4.99 Å². The van der Waals surface area contributed by atoms with Crippen LogP contribution in [0, 0.1) is 0 Å². The van der Waals surface area contributed by atoms with E-state index in [9.17, 15) is 0 Å². The average molecular weight is 223 g/mol. The number of amidine groups is 1. The topological polar surface area (TPSA) is 24.4 Å². The van der Waals surface area contributed by atoms with Gasteiger partial charge in [-0.05, 0) is 29.3 Å².